The normalized spacial score (nSPS) is 12.3. The van der Waals surface area contributed by atoms with Crippen LogP contribution in [0.25, 0.3) is 0 Å². The van der Waals surface area contributed by atoms with Gasteiger partial charge in [0, 0.05) is 24.8 Å². The van der Waals surface area contributed by atoms with Crippen molar-refractivity contribution < 1.29 is 9.84 Å². The number of aliphatic hydroxyl groups is 1. The minimum Gasteiger partial charge on any atom is -0.496 e. The van der Waals surface area contributed by atoms with Crippen molar-refractivity contribution in [2.24, 2.45) is 0 Å². The summed E-state index contributed by atoms with van der Waals surface area (Å²) in [6, 6.07) is 5.85. The topological polar surface area (TPSA) is 32.7 Å². The molecule has 0 amide bonds. The lowest BCUT2D eigenvalue weighted by Crippen LogP contribution is -2.20. The number of nitrogens with zero attached hydrogens (tertiary/aromatic N) is 1. The summed E-state index contributed by atoms with van der Waals surface area (Å²) < 4.78 is 5.29. The van der Waals surface area contributed by atoms with Gasteiger partial charge in [-0.05, 0) is 25.5 Å². The summed E-state index contributed by atoms with van der Waals surface area (Å²) in [6.07, 6.45) is 0.554. The highest BCUT2D eigenvalue weighted by molar-refractivity contribution is 5.60. The summed E-state index contributed by atoms with van der Waals surface area (Å²) in [5.74, 6) is 0.746. The molecular formula is C13H21NO2. The van der Waals surface area contributed by atoms with E-state index in [-0.39, 0.29) is 0 Å². The number of hydrogen-bond acceptors (Lipinski definition) is 3. The molecule has 3 nitrogen and oxygen atoms in total. The summed E-state index contributed by atoms with van der Waals surface area (Å²) in [7, 11) is 3.66. The van der Waals surface area contributed by atoms with Crippen LogP contribution in [0, 0.1) is 0 Å². The van der Waals surface area contributed by atoms with E-state index in [0.717, 1.165) is 30.0 Å². The Morgan fingerprint density at radius 2 is 2.12 bits per heavy atom. The third kappa shape index (κ3) is 2.67. The molecule has 0 radical (unpaired) electrons. The highest BCUT2D eigenvalue weighted by Crippen LogP contribution is 2.33. The van der Waals surface area contributed by atoms with E-state index in [1.165, 1.54) is 0 Å². The molecule has 0 saturated heterocycles. The van der Waals surface area contributed by atoms with Gasteiger partial charge in [0.1, 0.15) is 5.75 Å². The molecule has 1 aromatic rings. The number of benzene rings is 1. The van der Waals surface area contributed by atoms with Gasteiger partial charge in [0.15, 0.2) is 0 Å². The molecule has 1 rings (SSSR count). The summed E-state index contributed by atoms with van der Waals surface area (Å²) in [6.45, 7) is 4.87. The van der Waals surface area contributed by atoms with Gasteiger partial charge in [-0.2, -0.15) is 0 Å². The van der Waals surface area contributed by atoms with E-state index in [1.807, 2.05) is 25.2 Å². The van der Waals surface area contributed by atoms with Crippen LogP contribution >= 0.6 is 0 Å². The number of hydrogen-bond donors (Lipinski definition) is 1. The predicted octanol–water partition coefficient (Wildman–Crippen LogP) is 2.59. The van der Waals surface area contributed by atoms with Crippen LogP contribution < -0.4 is 9.64 Å². The Morgan fingerprint density at radius 1 is 1.44 bits per heavy atom. The number of ether oxygens (including phenoxy) is 1. The molecule has 1 atom stereocenters. The van der Waals surface area contributed by atoms with Crippen molar-refractivity contribution in [2.75, 3.05) is 25.6 Å². The van der Waals surface area contributed by atoms with E-state index in [1.54, 1.807) is 14.0 Å². The lowest BCUT2D eigenvalue weighted by Gasteiger charge is -2.24. The van der Waals surface area contributed by atoms with Gasteiger partial charge in [-0.15, -0.1) is 0 Å². The molecule has 0 aliphatic rings. The first-order chi connectivity index (χ1) is 7.61. The van der Waals surface area contributed by atoms with E-state index in [9.17, 15) is 5.11 Å². The predicted molar refractivity (Wildman–Crippen MR) is 67.2 cm³/mol. The molecule has 0 spiro atoms. The molecular weight excluding hydrogens is 202 g/mol. The second-order valence-corrected chi connectivity index (χ2v) is 3.99. The van der Waals surface area contributed by atoms with Crippen LogP contribution in [0.3, 0.4) is 0 Å². The van der Waals surface area contributed by atoms with Crippen molar-refractivity contribution in [1.29, 1.82) is 0 Å². The third-order valence-electron chi connectivity index (χ3n) is 2.65. The smallest absolute Gasteiger partial charge is 0.126 e. The van der Waals surface area contributed by atoms with Crippen LogP contribution in [-0.4, -0.2) is 25.8 Å². The number of aliphatic hydroxyl groups excluding tert-OH is 1. The van der Waals surface area contributed by atoms with Crippen molar-refractivity contribution in [2.45, 2.75) is 26.4 Å². The maximum Gasteiger partial charge on any atom is 0.126 e. The standard InChI is InChI=1S/C13H21NO2/c1-5-9-14(3)11-7-6-8-12(16-4)13(11)10(2)15/h6-8,10,15H,5,9H2,1-4H3. The summed E-state index contributed by atoms with van der Waals surface area (Å²) in [5.41, 5.74) is 1.90. The van der Waals surface area contributed by atoms with Crippen molar-refractivity contribution in [3.05, 3.63) is 23.8 Å². The number of anilines is 1. The van der Waals surface area contributed by atoms with Crippen LogP contribution in [0.2, 0.25) is 0 Å². The minimum atomic E-state index is -0.523. The van der Waals surface area contributed by atoms with E-state index in [2.05, 4.69) is 11.8 Å². The quantitative estimate of drug-likeness (QED) is 0.832. The Hall–Kier alpha value is -1.22. The average molecular weight is 223 g/mol. The zero-order valence-electron chi connectivity index (χ0n) is 10.5. The Bertz CT molecular complexity index is 337. The highest BCUT2D eigenvalue weighted by Gasteiger charge is 2.16. The molecule has 0 saturated carbocycles. The molecule has 16 heavy (non-hydrogen) atoms. The van der Waals surface area contributed by atoms with Crippen LogP contribution in [0.4, 0.5) is 5.69 Å². The first-order valence-electron chi connectivity index (χ1n) is 5.67. The molecule has 0 bridgehead atoms. The molecule has 1 N–H and O–H groups in total. The Balaban J connectivity index is 3.16. The fourth-order valence-electron chi connectivity index (χ4n) is 1.92. The van der Waals surface area contributed by atoms with Gasteiger partial charge in [0.05, 0.1) is 13.2 Å². The van der Waals surface area contributed by atoms with E-state index in [4.69, 9.17) is 4.74 Å². The highest BCUT2D eigenvalue weighted by atomic mass is 16.5. The number of rotatable bonds is 5. The van der Waals surface area contributed by atoms with Crippen LogP contribution in [0.1, 0.15) is 31.9 Å². The first kappa shape index (κ1) is 12.8. The molecule has 0 heterocycles. The zero-order chi connectivity index (χ0) is 12.1. The van der Waals surface area contributed by atoms with E-state index >= 15 is 0 Å². The molecule has 3 heteroatoms. The largest absolute Gasteiger partial charge is 0.496 e. The summed E-state index contributed by atoms with van der Waals surface area (Å²) >= 11 is 0. The van der Waals surface area contributed by atoms with Gasteiger partial charge in [0.2, 0.25) is 0 Å². The minimum absolute atomic E-state index is 0.523. The second-order valence-electron chi connectivity index (χ2n) is 3.99. The Labute approximate surface area is 97.7 Å². The lowest BCUT2D eigenvalue weighted by atomic mass is 10.1. The van der Waals surface area contributed by atoms with Gasteiger partial charge in [-0.25, -0.2) is 0 Å². The summed E-state index contributed by atoms with van der Waals surface area (Å²) in [4.78, 5) is 2.14. The van der Waals surface area contributed by atoms with Crippen LogP contribution in [-0.2, 0) is 0 Å². The molecule has 1 aromatic carbocycles. The molecule has 0 aliphatic heterocycles. The van der Waals surface area contributed by atoms with Crippen molar-refractivity contribution in [3.8, 4) is 5.75 Å². The van der Waals surface area contributed by atoms with Gasteiger partial charge >= 0.3 is 0 Å². The Kier molecular flexibility index (Phi) is 4.62. The average Bonchev–Trinajstić information content (AvgIpc) is 2.28. The zero-order valence-corrected chi connectivity index (χ0v) is 10.5. The molecule has 0 aliphatic carbocycles. The molecule has 0 aromatic heterocycles. The monoisotopic (exact) mass is 223 g/mol. The fourth-order valence-corrected chi connectivity index (χ4v) is 1.92. The van der Waals surface area contributed by atoms with Gasteiger partial charge in [-0.3, -0.25) is 0 Å². The van der Waals surface area contributed by atoms with E-state index < -0.39 is 6.10 Å². The van der Waals surface area contributed by atoms with Crippen molar-refractivity contribution in [3.63, 3.8) is 0 Å². The third-order valence-corrected chi connectivity index (χ3v) is 2.65. The van der Waals surface area contributed by atoms with Gasteiger partial charge in [-0.1, -0.05) is 13.0 Å². The fraction of sp³-hybridized carbons (Fsp3) is 0.538. The summed E-state index contributed by atoms with van der Waals surface area (Å²) in [5, 5.41) is 9.83. The van der Waals surface area contributed by atoms with Gasteiger partial charge in [0.25, 0.3) is 0 Å². The molecule has 90 valence electrons. The van der Waals surface area contributed by atoms with Crippen molar-refractivity contribution in [1.82, 2.24) is 0 Å². The molecule has 0 fully saturated rings. The van der Waals surface area contributed by atoms with E-state index in [0.29, 0.717) is 0 Å². The van der Waals surface area contributed by atoms with Gasteiger partial charge < -0.3 is 14.7 Å². The maximum atomic E-state index is 9.83. The SMILES string of the molecule is CCCN(C)c1cccc(OC)c1C(C)O. The van der Waals surface area contributed by atoms with Crippen LogP contribution in [0.15, 0.2) is 18.2 Å². The second kappa shape index (κ2) is 5.75. The first-order valence-corrected chi connectivity index (χ1v) is 5.67. The lowest BCUT2D eigenvalue weighted by molar-refractivity contribution is 0.194. The maximum absolute atomic E-state index is 9.83. The molecule has 1 unspecified atom stereocenters. The van der Waals surface area contributed by atoms with Crippen molar-refractivity contribution >= 4 is 5.69 Å². The van der Waals surface area contributed by atoms with Crippen LogP contribution in [0.5, 0.6) is 5.75 Å². The Morgan fingerprint density at radius 3 is 2.62 bits per heavy atom. The number of methoxy groups -OCH3 is 1.